The van der Waals surface area contributed by atoms with Gasteiger partial charge in [-0.3, -0.25) is 4.79 Å². The Morgan fingerprint density at radius 1 is 1.04 bits per heavy atom. The summed E-state index contributed by atoms with van der Waals surface area (Å²) >= 11 is 5.99. The highest BCUT2D eigenvalue weighted by Crippen LogP contribution is 2.37. The van der Waals surface area contributed by atoms with E-state index < -0.39 is 5.91 Å². The van der Waals surface area contributed by atoms with Gasteiger partial charge in [-0.2, -0.15) is 4.99 Å². The van der Waals surface area contributed by atoms with E-state index in [0.717, 1.165) is 21.9 Å². The average molecular weight is 349 g/mol. The molecular formula is C19H13ClN4O. The third-order valence-corrected chi connectivity index (χ3v) is 3.97. The highest BCUT2D eigenvalue weighted by molar-refractivity contribution is 6.31. The number of rotatable bonds is 2. The topological polar surface area (TPSA) is 85.8 Å². The van der Waals surface area contributed by atoms with E-state index in [9.17, 15) is 4.79 Å². The van der Waals surface area contributed by atoms with Crippen LogP contribution in [0.15, 0.2) is 59.6 Å². The molecule has 0 unspecified atom stereocenters. The van der Waals surface area contributed by atoms with E-state index in [1.807, 2.05) is 24.3 Å². The molecule has 0 radical (unpaired) electrons. The zero-order chi connectivity index (χ0) is 18.0. The van der Waals surface area contributed by atoms with Crippen LogP contribution in [-0.2, 0) is 0 Å². The molecule has 0 fully saturated rings. The second-order valence-corrected chi connectivity index (χ2v) is 5.79. The van der Waals surface area contributed by atoms with Crippen molar-refractivity contribution in [1.82, 2.24) is 0 Å². The number of fused-ring (bicyclic) bond motifs is 1. The number of amides is 1. The Hall–Kier alpha value is -3.36. The Balaban J connectivity index is 2.25. The predicted molar refractivity (Wildman–Crippen MR) is 101 cm³/mol. The molecule has 3 aromatic rings. The maximum absolute atomic E-state index is 12.1. The van der Waals surface area contributed by atoms with Crippen LogP contribution in [-0.4, -0.2) is 11.9 Å². The van der Waals surface area contributed by atoms with Gasteiger partial charge in [-0.15, -0.1) is 0 Å². The maximum atomic E-state index is 12.1. The first kappa shape index (κ1) is 16.5. The number of aliphatic imine (C=N–C) groups is 1. The van der Waals surface area contributed by atoms with Crippen molar-refractivity contribution >= 4 is 39.9 Å². The minimum absolute atomic E-state index is 0.286. The molecule has 1 amide bonds. The molecule has 0 aliphatic rings. The summed E-state index contributed by atoms with van der Waals surface area (Å²) in [6, 6.07) is 16.1. The lowest BCUT2D eigenvalue weighted by molar-refractivity contribution is 0.100. The standard InChI is InChI=1S/C19H13ClN4O/c1-23-17-10-13(20)7-8-15(17)14-4-2-3-11-5-6-12(9-16(11)14)18(25)24-19(21)22/h2-10H,(H4,21,22,24,25). The van der Waals surface area contributed by atoms with Gasteiger partial charge in [0.25, 0.3) is 5.91 Å². The molecule has 0 aliphatic carbocycles. The van der Waals surface area contributed by atoms with E-state index in [1.54, 1.807) is 30.3 Å². The summed E-state index contributed by atoms with van der Waals surface area (Å²) in [6.45, 7) is 7.39. The van der Waals surface area contributed by atoms with Gasteiger partial charge in [0.2, 0.25) is 0 Å². The van der Waals surface area contributed by atoms with Crippen LogP contribution in [0.2, 0.25) is 5.02 Å². The highest BCUT2D eigenvalue weighted by Gasteiger charge is 2.12. The lowest BCUT2D eigenvalue weighted by Crippen LogP contribution is -2.24. The van der Waals surface area contributed by atoms with Gasteiger partial charge in [0.15, 0.2) is 11.6 Å². The van der Waals surface area contributed by atoms with Crippen LogP contribution < -0.4 is 11.5 Å². The Bertz CT molecular complexity index is 1060. The third-order valence-electron chi connectivity index (χ3n) is 3.73. The van der Waals surface area contributed by atoms with Gasteiger partial charge in [0, 0.05) is 10.6 Å². The summed E-state index contributed by atoms with van der Waals surface area (Å²) in [5, 5.41) is 2.26. The van der Waals surface area contributed by atoms with E-state index >= 15 is 0 Å². The molecule has 0 spiro atoms. The van der Waals surface area contributed by atoms with Crippen LogP contribution in [0.5, 0.6) is 0 Å². The molecule has 6 heteroatoms. The first-order valence-corrected chi connectivity index (χ1v) is 7.71. The molecule has 25 heavy (non-hydrogen) atoms. The molecule has 0 aliphatic heterocycles. The van der Waals surface area contributed by atoms with Gasteiger partial charge in [-0.05, 0) is 46.2 Å². The highest BCUT2D eigenvalue weighted by atomic mass is 35.5. The van der Waals surface area contributed by atoms with Gasteiger partial charge in [0.05, 0.1) is 6.57 Å². The Labute approximate surface area is 149 Å². The van der Waals surface area contributed by atoms with Crippen LogP contribution in [0.25, 0.3) is 26.7 Å². The fourth-order valence-electron chi connectivity index (χ4n) is 2.65. The molecule has 0 heterocycles. The number of hydrogen-bond acceptors (Lipinski definition) is 1. The summed E-state index contributed by atoms with van der Waals surface area (Å²) < 4.78 is 0. The van der Waals surface area contributed by atoms with Crippen molar-refractivity contribution in [3.63, 3.8) is 0 Å². The number of halogens is 1. The van der Waals surface area contributed by atoms with Crippen molar-refractivity contribution in [2.75, 3.05) is 0 Å². The second-order valence-electron chi connectivity index (χ2n) is 5.36. The fraction of sp³-hybridized carbons (Fsp3) is 0. The average Bonchev–Trinajstić information content (AvgIpc) is 2.60. The molecule has 122 valence electrons. The summed E-state index contributed by atoms with van der Waals surface area (Å²) in [7, 11) is 0. The normalized spacial score (nSPS) is 10.2. The summed E-state index contributed by atoms with van der Waals surface area (Å²) in [4.78, 5) is 19.2. The molecule has 0 bridgehead atoms. The van der Waals surface area contributed by atoms with E-state index in [-0.39, 0.29) is 5.96 Å². The smallest absolute Gasteiger partial charge is 0.280 e. The molecule has 0 aromatic heterocycles. The fourth-order valence-corrected chi connectivity index (χ4v) is 2.81. The van der Waals surface area contributed by atoms with E-state index in [2.05, 4.69) is 9.84 Å². The van der Waals surface area contributed by atoms with E-state index in [1.165, 1.54) is 0 Å². The van der Waals surface area contributed by atoms with Crippen molar-refractivity contribution in [2.45, 2.75) is 0 Å². The Morgan fingerprint density at radius 2 is 1.84 bits per heavy atom. The number of benzene rings is 3. The van der Waals surface area contributed by atoms with Gasteiger partial charge in [0.1, 0.15) is 0 Å². The maximum Gasteiger partial charge on any atom is 0.280 e. The molecular weight excluding hydrogens is 336 g/mol. The largest absolute Gasteiger partial charge is 0.370 e. The van der Waals surface area contributed by atoms with Crippen LogP contribution >= 0.6 is 11.6 Å². The van der Waals surface area contributed by atoms with Crippen molar-refractivity contribution in [2.24, 2.45) is 16.5 Å². The van der Waals surface area contributed by atoms with Crippen molar-refractivity contribution in [3.8, 4) is 11.1 Å². The lowest BCUT2D eigenvalue weighted by atomic mass is 9.95. The number of guanidine groups is 1. The van der Waals surface area contributed by atoms with Crippen molar-refractivity contribution in [1.29, 1.82) is 0 Å². The van der Waals surface area contributed by atoms with Crippen LogP contribution in [0.3, 0.4) is 0 Å². The van der Waals surface area contributed by atoms with Crippen molar-refractivity contribution < 1.29 is 4.79 Å². The number of nitrogens with zero attached hydrogens (tertiary/aromatic N) is 2. The first-order chi connectivity index (χ1) is 12.0. The number of hydrogen-bond donors (Lipinski definition) is 2. The van der Waals surface area contributed by atoms with Crippen LogP contribution in [0.4, 0.5) is 5.69 Å². The summed E-state index contributed by atoms with van der Waals surface area (Å²) in [6.07, 6.45) is 0. The van der Waals surface area contributed by atoms with Gasteiger partial charge in [-0.25, -0.2) is 4.85 Å². The Kier molecular flexibility index (Phi) is 4.38. The molecule has 5 nitrogen and oxygen atoms in total. The number of carbonyl (C=O) groups excluding carboxylic acids is 1. The minimum Gasteiger partial charge on any atom is -0.370 e. The summed E-state index contributed by atoms with van der Waals surface area (Å²) in [5.74, 6) is -0.801. The quantitative estimate of drug-likeness (QED) is 0.415. The number of nitrogens with two attached hydrogens (primary N) is 2. The minimum atomic E-state index is -0.516. The summed E-state index contributed by atoms with van der Waals surface area (Å²) in [5.41, 5.74) is 12.9. The lowest BCUT2D eigenvalue weighted by Gasteiger charge is -2.10. The van der Waals surface area contributed by atoms with Crippen molar-refractivity contribution in [3.05, 3.63) is 76.6 Å². The SMILES string of the molecule is [C-]#[N+]c1cc(Cl)ccc1-c1cccc2ccc(C(=O)N=C(N)N)cc12. The van der Waals surface area contributed by atoms with Gasteiger partial charge >= 0.3 is 0 Å². The first-order valence-electron chi connectivity index (χ1n) is 7.33. The number of carbonyl (C=O) groups is 1. The molecule has 0 saturated carbocycles. The molecule has 4 N–H and O–H groups in total. The Morgan fingerprint density at radius 3 is 2.56 bits per heavy atom. The third kappa shape index (κ3) is 3.30. The molecule has 3 aromatic carbocycles. The zero-order valence-corrected chi connectivity index (χ0v) is 13.8. The molecule has 3 rings (SSSR count). The van der Waals surface area contributed by atoms with Gasteiger partial charge < -0.3 is 11.5 Å². The van der Waals surface area contributed by atoms with E-state index in [4.69, 9.17) is 29.6 Å². The van der Waals surface area contributed by atoms with Crippen LogP contribution in [0, 0.1) is 6.57 Å². The zero-order valence-electron chi connectivity index (χ0n) is 13.0. The molecule has 0 saturated heterocycles. The monoisotopic (exact) mass is 348 g/mol. The predicted octanol–water partition coefficient (Wildman–Crippen LogP) is 4.12. The van der Waals surface area contributed by atoms with Gasteiger partial charge in [-0.1, -0.05) is 41.9 Å². The van der Waals surface area contributed by atoms with Crippen LogP contribution in [0.1, 0.15) is 10.4 Å². The molecule has 0 atom stereocenters. The second kappa shape index (κ2) is 6.63. The van der Waals surface area contributed by atoms with E-state index in [0.29, 0.717) is 16.3 Å².